The number of carbonyl (C=O) groups excluding carboxylic acids is 1. The topological polar surface area (TPSA) is 81.4 Å². The summed E-state index contributed by atoms with van der Waals surface area (Å²) in [5.41, 5.74) is 1.03. The van der Waals surface area contributed by atoms with Crippen molar-refractivity contribution in [2.75, 3.05) is 6.61 Å². The van der Waals surface area contributed by atoms with Gasteiger partial charge in [-0.1, -0.05) is 32.0 Å². The zero-order valence-corrected chi connectivity index (χ0v) is 13.4. The lowest BCUT2D eigenvalue weighted by atomic mass is 10.0. The molecule has 0 radical (unpaired) electrons. The van der Waals surface area contributed by atoms with E-state index < -0.39 is 11.9 Å². The Hall–Kier alpha value is -2.63. The molecule has 0 aliphatic carbocycles. The van der Waals surface area contributed by atoms with E-state index in [0.29, 0.717) is 17.8 Å². The van der Waals surface area contributed by atoms with Crippen molar-refractivity contribution in [1.82, 2.24) is 9.78 Å². The van der Waals surface area contributed by atoms with Crippen LogP contribution in [0.25, 0.3) is 5.69 Å². The van der Waals surface area contributed by atoms with Gasteiger partial charge in [-0.2, -0.15) is 5.10 Å². The van der Waals surface area contributed by atoms with Crippen LogP contribution in [0.15, 0.2) is 30.3 Å². The number of hydrogen-bond donors (Lipinski definition) is 1. The molecule has 0 amide bonds. The van der Waals surface area contributed by atoms with E-state index in [9.17, 15) is 14.7 Å². The molecule has 1 aromatic carbocycles. The molecule has 122 valence electrons. The molecule has 1 aromatic heterocycles. The number of hydrogen-bond acceptors (Lipinski definition) is 4. The van der Waals surface area contributed by atoms with E-state index in [1.54, 1.807) is 6.92 Å². The number of nitrogens with zero attached hydrogens (tertiary/aromatic N) is 2. The lowest BCUT2D eigenvalue weighted by Crippen LogP contribution is -2.14. The molecule has 0 saturated heterocycles. The van der Waals surface area contributed by atoms with Crippen LogP contribution < -0.4 is 0 Å². The molecular formula is C17H20N2O4. The predicted molar refractivity (Wildman–Crippen MR) is 85.0 cm³/mol. The third kappa shape index (κ3) is 3.59. The Morgan fingerprint density at radius 2 is 1.91 bits per heavy atom. The highest BCUT2D eigenvalue weighted by Crippen LogP contribution is 2.23. The van der Waals surface area contributed by atoms with Crippen LogP contribution in [-0.2, 0) is 11.2 Å². The molecule has 2 rings (SSSR count). The SMILES string of the molecule is CCOC(=O)c1c(C(=O)O)nn(-c2ccccc2)c1CC(C)C. The van der Waals surface area contributed by atoms with Gasteiger partial charge in [0.2, 0.25) is 0 Å². The molecule has 0 unspecified atom stereocenters. The fourth-order valence-corrected chi connectivity index (χ4v) is 2.38. The Balaban J connectivity index is 2.69. The van der Waals surface area contributed by atoms with Crippen molar-refractivity contribution in [3.8, 4) is 5.69 Å². The van der Waals surface area contributed by atoms with Crippen LogP contribution in [0, 0.1) is 5.92 Å². The number of aromatic nitrogens is 2. The minimum Gasteiger partial charge on any atom is -0.476 e. The number of benzene rings is 1. The summed E-state index contributed by atoms with van der Waals surface area (Å²) in [7, 11) is 0. The van der Waals surface area contributed by atoms with Crippen LogP contribution in [0.3, 0.4) is 0 Å². The highest BCUT2D eigenvalue weighted by atomic mass is 16.5. The van der Waals surface area contributed by atoms with E-state index in [1.807, 2.05) is 44.2 Å². The molecule has 0 saturated carbocycles. The first-order chi connectivity index (χ1) is 11.0. The summed E-state index contributed by atoms with van der Waals surface area (Å²) in [5.74, 6) is -1.67. The molecule has 0 atom stereocenters. The minimum atomic E-state index is -1.24. The third-order valence-electron chi connectivity index (χ3n) is 3.27. The molecule has 1 N–H and O–H groups in total. The summed E-state index contributed by atoms with van der Waals surface area (Å²) in [6.07, 6.45) is 0.517. The van der Waals surface area contributed by atoms with Gasteiger partial charge in [-0.15, -0.1) is 0 Å². The maximum Gasteiger partial charge on any atom is 0.357 e. The number of ether oxygens (including phenoxy) is 1. The van der Waals surface area contributed by atoms with Gasteiger partial charge >= 0.3 is 11.9 Å². The Bertz CT molecular complexity index is 705. The number of esters is 1. The van der Waals surface area contributed by atoms with Gasteiger partial charge < -0.3 is 9.84 Å². The number of carbonyl (C=O) groups is 2. The Morgan fingerprint density at radius 3 is 2.43 bits per heavy atom. The van der Waals surface area contributed by atoms with Crippen LogP contribution in [0.2, 0.25) is 0 Å². The number of carboxylic acids is 1. The van der Waals surface area contributed by atoms with E-state index in [4.69, 9.17) is 4.74 Å². The van der Waals surface area contributed by atoms with Crippen LogP contribution in [-0.4, -0.2) is 33.4 Å². The quantitative estimate of drug-likeness (QED) is 0.829. The van der Waals surface area contributed by atoms with Gasteiger partial charge in [0.05, 0.1) is 18.0 Å². The van der Waals surface area contributed by atoms with Crippen molar-refractivity contribution in [3.63, 3.8) is 0 Å². The zero-order chi connectivity index (χ0) is 17.0. The van der Waals surface area contributed by atoms with Gasteiger partial charge in [0, 0.05) is 0 Å². The zero-order valence-electron chi connectivity index (χ0n) is 13.4. The van der Waals surface area contributed by atoms with E-state index in [0.717, 1.165) is 0 Å². The van der Waals surface area contributed by atoms with Crippen molar-refractivity contribution in [2.24, 2.45) is 5.92 Å². The first-order valence-corrected chi connectivity index (χ1v) is 7.53. The van der Waals surface area contributed by atoms with Crippen molar-refractivity contribution >= 4 is 11.9 Å². The molecule has 6 nitrogen and oxygen atoms in total. The largest absolute Gasteiger partial charge is 0.476 e. The molecule has 23 heavy (non-hydrogen) atoms. The molecule has 0 bridgehead atoms. The maximum atomic E-state index is 12.3. The van der Waals surface area contributed by atoms with E-state index in [-0.39, 0.29) is 23.8 Å². The highest BCUT2D eigenvalue weighted by Gasteiger charge is 2.29. The number of para-hydroxylation sites is 1. The maximum absolute atomic E-state index is 12.3. The first kappa shape index (κ1) is 16.7. The smallest absolute Gasteiger partial charge is 0.357 e. The first-order valence-electron chi connectivity index (χ1n) is 7.53. The average Bonchev–Trinajstić information content (AvgIpc) is 2.87. The van der Waals surface area contributed by atoms with Crippen molar-refractivity contribution in [3.05, 3.63) is 47.3 Å². The lowest BCUT2D eigenvalue weighted by Gasteiger charge is -2.11. The molecule has 0 fully saturated rings. The second kappa shape index (κ2) is 7.09. The molecule has 2 aromatic rings. The molecule has 0 aliphatic rings. The highest BCUT2D eigenvalue weighted by molar-refractivity contribution is 6.02. The Morgan fingerprint density at radius 1 is 1.26 bits per heavy atom. The molecule has 0 spiro atoms. The molecule has 0 aliphatic heterocycles. The summed E-state index contributed by atoms with van der Waals surface area (Å²) in [6.45, 7) is 5.85. The predicted octanol–water partition coefficient (Wildman–Crippen LogP) is 2.95. The fourth-order valence-electron chi connectivity index (χ4n) is 2.38. The summed E-state index contributed by atoms with van der Waals surface area (Å²) >= 11 is 0. The Labute approximate surface area is 134 Å². The summed E-state index contributed by atoms with van der Waals surface area (Å²) in [5, 5.41) is 13.6. The second-order valence-electron chi connectivity index (χ2n) is 5.54. The number of carboxylic acid groups (broad SMARTS) is 1. The lowest BCUT2D eigenvalue weighted by molar-refractivity contribution is 0.0513. The summed E-state index contributed by atoms with van der Waals surface area (Å²) < 4.78 is 6.56. The van der Waals surface area contributed by atoms with Crippen molar-refractivity contribution in [2.45, 2.75) is 27.2 Å². The van der Waals surface area contributed by atoms with E-state index in [1.165, 1.54) is 4.68 Å². The summed E-state index contributed by atoms with van der Waals surface area (Å²) in [6, 6.07) is 9.16. The fraction of sp³-hybridized carbons (Fsp3) is 0.353. The number of aromatic carboxylic acids is 1. The molecule has 1 heterocycles. The van der Waals surface area contributed by atoms with Gasteiger partial charge in [0.1, 0.15) is 5.56 Å². The van der Waals surface area contributed by atoms with Gasteiger partial charge in [-0.05, 0) is 31.4 Å². The van der Waals surface area contributed by atoms with Crippen LogP contribution in [0.4, 0.5) is 0 Å². The van der Waals surface area contributed by atoms with E-state index in [2.05, 4.69) is 5.10 Å². The van der Waals surface area contributed by atoms with Gasteiger partial charge in [-0.3, -0.25) is 0 Å². The van der Waals surface area contributed by atoms with Gasteiger partial charge in [0.15, 0.2) is 5.69 Å². The number of rotatable bonds is 6. The van der Waals surface area contributed by atoms with Crippen molar-refractivity contribution in [1.29, 1.82) is 0 Å². The van der Waals surface area contributed by atoms with Crippen molar-refractivity contribution < 1.29 is 19.4 Å². The minimum absolute atomic E-state index is 0.0388. The third-order valence-corrected chi connectivity index (χ3v) is 3.27. The van der Waals surface area contributed by atoms with Gasteiger partial charge in [-0.25, -0.2) is 14.3 Å². The van der Waals surface area contributed by atoms with Crippen LogP contribution in [0.1, 0.15) is 47.3 Å². The van der Waals surface area contributed by atoms with Crippen LogP contribution in [0.5, 0.6) is 0 Å². The molecule has 6 heteroatoms. The standard InChI is InChI=1S/C17H20N2O4/c1-4-23-17(22)14-13(10-11(2)3)19(18-15(14)16(20)21)12-8-6-5-7-9-12/h5-9,11H,4,10H2,1-3H3,(H,20,21). The monoisotopic (exact) mass is 316 g/mol. The Kier molecular flexibility index (Phi) is 5.16. The van der Waals surface area contributed by atoms with Crippen LogP contribution >= 0.6 is 0 Å². The summed E-state index contributed by atoms with van der Waals surface area (Å²) in [4.78, 5) is 23.8. The average molecular weight is 316 g/mol. The normalized spacial score (nSPS) is 10.8. The second-order valence-corrected chi connectivity index (χ2v) is 5.54. The van der Waals surface area contributed by atoms with Gasteiger partial charge in [0.25, 0.3) is 0 Å². The van der Waals surface area contributed by atoms with E-state index >= 15 is 0 Å². The molecular weight excluding hydrogens is 296 g/mol.